The minimum absolute atomic E-state index is 0.304. The molecule has 0 aliphatic heterocycles. The van der Waals surface area contributed by atoms with Crippen molar-refractivity contribution in [3.05, 3.63) is 101 Å². The average Bonchev–Trinajstić information content (AvgIpc) is 2.93. The highest BCUT2D eigenvalue weighted by molar-refractivity contribution is 5.98. The zero-order valence-corrected chi connectivity index (χ0v) is 18.2. The monoisotopic (exact) mass is 397 g/mol. The fourth-order valence-electron chi connectivity index (χ4n) is 4.43. The second-order valence-corrected chi connectivity index (χ2v) is 8.55. The number of hydrogen-bond acceptors (Lipinski definition) is 2. The summed E-state index contributed by atoms with van der Waals surface area (Å²) in [7, 11) is 2.18. The fourth-order valence-corrected chi connectivity index (χ4v) is 4.43. The van der Waals surface area contributed by atoms with Gasteiger partial charge < -0.3 is 5.11 Å². The normalized spacial score (nSPS) is 18.1. The SMILES string of the molecule is CC1C=C(O)C(c2c(CN(C)C(C)c3ccccc3)ccc3ccccc23)=CCC1. The summed E-state index contributed by atoms with van der Waals surface area (Å²) in [4.78, 5) is 2.38. The van der Waals surface area contributed by atoms with E-state index in [1.165, 1.54) is 27.5 Å². The van der Waals surface area contributed by atoms with E-state index in [4.69, 9.17) is 0 Å². The van der Waals surface area contributed by atoms with Gasteiger partial charge in [0.05, 0.1) is 0 Å². The summed E-state index contributed by atoms with van der Waals surface area (Å²) in [6.45, 7) is 5.24. The van der Waals surface area contributed by atoms with Crippen LogP contribution in [0.5, 0.6) is 0 Å². The Morgan fingerprint density at radius 3 is 2.53 bits per heavy atom. The summed E-state index contributed by atoms with van der Waals surface area (Å²) in [5, 5.41) is 13.4. The molecule has 30 heavy (non-hydrogen) atoms. The van der Waals surface area contributed by atoms with Crippen molar-refractivity contribution in [3.8, 4) is 0 Å². The van der Waals surface area contributed by atoms with Gasteiger partial charge in [0.25, 0.3) is 0 Å². The van der Waals surface area contributed by atoms with Crippen molar-refractivity contribution in [2.75, 3.05) is 7.05 Å². The predicted octanol–water partition coefficient (Wildman–Crippen LogP) is 7.29. The third kappa shape index (κ3) is 4.20. The van der Waals surface area contributed by atoms with E-state index in [0.29, 0.717) is 17.7 Å². The van der Waals surface area contributed by atoms with Gasteiger partial charge in [-0.05, 0) is 66.3 Å². The molecule has 2 atom stereocenters. The Hall–Kier alpha value is -2.84. The molecule has 0 heterocycles. The molecule has 1 N–H and O–H groups in total. The quantitative estimate of drug-likeness (QED) is 0.489. The van der Waals surface area contributed by atoms with Crippen LogP contribution in [0.3, 0.4) is 0 Å². The van der Waals surface area contributed by atoms with Crippen molar-refractivity contribution in [1.29, 1.82) is 0 Å². The lowest BCUT2D eigenvalue weighted by molar-refractivity contribution is 0.253. The summed E-state index contributed by atoms with van der Waals surface area (Å²) >= 11 is 0. The Labute approximate surface area is 180 Å². The van der Waals surface area contributed by atoms with Crippen LogP contribution in [0.4, 0.5) is 0 Å². The molecule has 0 bridgehead atoms. The van der Waals surface area contributed by atoms with E-state index in [2.05, 4.69) is 98.6 Å². The number of allylic oxidation sites excluding steroid dienone is 3. The molecular formula is C28H31NO. The number of fused-ring (bicyclic) bond motifs is 1. The molecule has 0 radical (unpaired) electrons. The second kappa shape index (κ2) is 8.89. The van der Waals surface area contributed by atoms with E-state index in [0.717, 1.165) is 25.0 Å². The number of nitrogens with zero attached hydrogens (tertiary/aromatic N) is 1. The van der Waals surface area contributed by atoms with Crippen LogP contribution >= 0.6 is 0 Å². The average molecular weight is 398 g/mol. The van der Waals surface area contributed by atoms with Crippen LogP contribution in [-0.2, 0) is 6.54 Å². The van der Waals surface area contributed by atoms with E-state index >= 15 is 0 Å². The molecule has 2 unspecified atom stereocenters. The molecule has 3 aromatic carbocycles. The molecule has 3 aromatic rings. The Balaban J connectivity index is 1.78. The Bertz CT molecular complexity index is 1080. The van der Waals surface area contributed by atoms with Crippen LogP contribution in [-0.4, -0.2) is 17.1 Å². The van der Waals surface area contributed by atoms with E-state index in [-0.39, 0.29) is 0 Å². The highest BCUT2D eigenvalue weighted by Gasteiger charge is 2.20. The lowest BCUT2D eigenvalue weighted by Gasteiger charge is -2.27. The maximum absolute atomic E-state index is 11.0. The lowest BCUT2D eigenvalue weighted by atomic mass is 9.91. The summed E-state index contributed by atoms with van der Waals surface area (Å²) in [5.74, 6) is 0.800. The zero-order valence-electron chi connectivity index (χ0n) is 18.2. The number of aliphatic hydroxyl groups is 1. The lowest BCUT2D eigenvalue weighted by Crippen LogP contribution is -2.22. The van der Waals surface area contributed by atoms with Gasteiger partial charge in [-0.25, -0.2) is 0 Å². The summed E-state index contributed by atoms with van der Waals surface area (Å²) < 4.78 is 0. The van der Waals surface area contributed by atoms with Crippen molar-refractivity contribution in [3.63, 3.8) is 0 Å². The van der Waals surface area contributed by atoms with Crippen LogP contribution in [0.1, 0.15) is 49.4 Å². The van der Waals surface area contributed by atoms with Gasteiger partial charge in [0, 0.05) is 18.2 Å². The molecule has 4 rings (SSSR count). The molecule has 154 valence electrons. The Kier molecular flexibility index (Phi) is 6.06. The zero-order chi connectivity index (χ0) is 21.1. The standard InChI is InChI=1S/C28H31NO/c1-20-10-9-15-26(27(30)18-20)28-24(17-16-23-13-7-8-14-25(23)28)19-29(3)21(2)22-11-5-4-6-12-22/h4-8,11-18,20-21,30H,9-10,19H2,1-3H3. The minimum Gasteiger partial charge on any atom is -0.508 e. The summed E-state index contributed by atoms with van der Waals surface area (Å²) in [6.07, 6.45) is 6.29. The number of rotatable bonds is 5. The smallest absolute Gasteiger partial charge is 0.119 e. The maximum atomic E-state index is 11.0. The number of aliphatic hydroxyl groups excluding tert-OH is 1. The first-order valence-electron chi connectivity index (χ1n) is 10.9. The van der Waals surface area contributed by atoms with E-state index in [1.54, 1.807) is 0 Å². The first kappa shape index (κ1) is 20.4. The van der Waals surface area contributed by atoms with E-state index in [9.17, 15) is 5.11 Å². The van der Waals surface area contributed by atoms with Crippen molar-refractivity contribution in [2.24, 2.45) is 5.92 Å². The van der Waals surface area contributed by atoms with Gasteiger partial charge in [0.15, 0.2) is 0 Å². The van der Waals surface area contributed by atoms with Crippen LogP contribution in [0.15, 0.2) is 84.6 Å². The van der Waals surface area contributed by atoms with Gasteiger partial charge in [-0.1, -0.05) is 79.7 Å². The van der Waals surface area contributed by atoms with Gasteiger partial charge in [-0.15, -0.1) is 0 Å². The van der Waals surface area contributed by atoms with Gasteiger partial charge in [0.2, 0.25) is 0 Å². The molecule has 0 spiro atoms. The molecular weight excluding hydrogens is 366 g/mol. The van der Waals surface area contributed by atoms with Gasteiger partial charge in [-0.2, -0.15) is 0 Å². The van der Waals surface area contributed by atoms with Crippen LogP contribution < -0.4 is 0 Å². The highest BCUT2D eigenvalue weighted by atomic mass is 16.3. The molecule has 0 saturated heterocycles. The van der Waals surface area contributed by atoms with Crippen molar-refractivity contribution >= 4 is 16.3 Å². The molecule has 0 fully saturated rings. The predicted molar refractivity (Wildman–Crippen MR) is 127 cm³/mol. The Morgan fingerprint density at radius 1 is 1.00 bits per heavy atom. The van der Waals surface area contributed by atoms with Crippen LogP contribution in [0.2, 0.25) is 0 Å². The van der Waals surface area contributed by atoms with Gasteiger partial charge in [-0.3, -0.25) is 4.90 Å². The molecule has 0 aromatic heterocycles. The van der Waals surface area contributed by atoms with Crippen LogP contribution in [0, 0.1) is 5.92 Å². The first-order valence-corrected chi connectivity index (χ1v) is 10.9. The number of hydrogen-bond donors (Lipinski definition) is 1. The fraction of sp³-hybridized carbons (Fsp3) is 0.286. The van der Waals surface area contributed by atoms with Crippen LogP contribution in [0.25, 0.3) is 16.3 Å². The third-order valence-corrected chi connectivity index (χ3v) is 6.34. The van der Waals surface area contributed by atoms with Crippen molar-refractivity contribution < 1.29 is 5.11 Å². The minimum atomic E-state index is 0.304. The van der Waals surface area contributed by atoms with Crippen molar-refractivity contribution in [2.45, 2.75) is 39.3 Å². The topological polar surface area (TPSA) is 23.5 Å². The number of benzene rings is 3. The molecule has 0 amide bonds. The van der Waals surface area contributed by atoms with E-state index in [1.807, 2.05) is 6.08 Å². The highest BCUT2D eigenvalue weighted by Crippen LogP contribution is 2.36. The van der Waals surface area contributed by atoms with Gasteiger partial charge >= 0.3 is 0 Å². The molecule has 0 saturated carbocycles. The van der Waals surface area contributed by atoms with E-state index < -0.39 is 0 Å². The summed E-state index contributed by atoms with van der Waals surface area (Å²) in [6, 6.07) is 23.9. The largest absolute Gasteiger partial charge is 0.508 e. The molecule has 2 nitrogen and oxygen atoms in total. The Morgan fingerprint density at radius 2 is 1.73 bits per heavy atom. The molecule has 1 aliphatic carbocycles. The summed E-state index contributed by atoms with van der Waals surface area (Å²) in [5.41, 5.74) is 4.71. The molecule has 1 aliphatic rings. The second-order valence-electron chi connectivity index (χ2n) is 8.55. The molecule has 2 heteroatoms. The maximum Gasteiger partial charge on any atom is 0.119 e. The van der Waals surface area contributed by atoms with Gasteiger partial charge in [0.1, 0.15) is 5.76 Å². The first-order chi connectivity index (χ1) is 14.5. The third-order valence-electron chi connectivity index (χ3n) is 6.34. The van der Waals surface area contributed by atoms with Crippen molar-refractivity contribution in [1.82, 2.24) is 4.90 Å².